The predicted octanol–water partition coefficient (Wildman–Crippen LogP) is 6.06. The van der Waals surface area contributed by atoms with Crippen molar-refractivity contribution >= 4 is 56.5 Å². The van der Waals surface area contributed by atoms with E-state index in [-0.39, 0.29) is 5.91 Å². The Hall–Kier alpha value is -3.69. The van der Waals surface area contributed by atoms with Crippen LogP contribution in [0.25, 0.3) is 27.7 Å². The van der Waals surface area contributed by atoms with Gasteiger partial charge in [-0.25, -0.2) is 0 Å². The minimum atomic E-state index is -0.580. The molecule has 2 amide bonds. The molecule has 5 rings (SSSR count). The molecular weight excluding hydrogens is 502 g/mol. The molecule has 7 nitrogen and oxygen atoms in total. The SMILES string of the molecule is Cc1ccc(-c2csc(NC(=O)C(C)Sc3nnc4cc(C)c5cc(C)cc(C)c5n34)c2C(N)=O)cc1. The summed E-state index contributed by atoms with van der Waals surface area (Å²) >= 11 is 2.62. The van der Waals surface area contributed by atoms with Gasteiger partial charge in [0.2, 0.25) is 5.91 Å². The Morgan fingerprint density at radius 1 is 1.00 bits per heavy atom. The number of primary amides is 1. The van der Waals surface area contributed by atoms with Gasteiger partial charge in [-0.1, -0.05) is 53.2 Å². The highest BCUT2D eigenvalue weighted by atomic mass is 32.2. The molecule has 37 heavy (non-hydrogen) atoms. The molecule has 1 unspecified atom stereocenters. The van der Waals surface area contributed by atoms with Crippen LogP contribution in [0.15, 0.2) is 53.0 Å². The van der Waals surface area contributed by atoms with Crippen molar-refractivity contribution in [3.05, 3.63) is 75.7 Å². The lowest BCUT2D eigenvalue weighted by atomic mass is 10.0. The second kappa shape index (κ2) is 9.64. The number of fused-ring (bicyclic) bond motifs is 3. The first-order chi connectivity index (χ1) is 17.6. The van der Waals surface area contributed by atoms with Crippen molar-refractivity contribution < 1.29 is 9.59 Å². The summed E-state index contributed by atoms with van der Waals surface area (Å²) in [6, 6.07) is 14.2. The number of aryl methyl sites for hydroxylation is 4. The largest absolute Gasteiger partial charge is 0.365 e. The van der Waals surface area contributed by atoms with Crippen LogP contribution in [-0.4, -0.2) is 31.7 Å². The van der Waals surface area contributed by atoms with E-state index in [9.17, 15) is 9.59 Å². The molecule has 2 aromatic carbocycles. The Labute approximate surface area is 223 Å². The van der Waals surface area contributed by atoms with Crippen LogP contribution >= 0.6 is 23.1 Å². The fourth-order valence-corrected chi connectivity index (χ4v) is 6.39. The third-order valence-electron chi connectivity index (χ3n) is 6.39. The number of carbonyl (C=O) groups excluding carboxylic acids is 2. The fraction of sp³-hybridized carbons (Fsp3) is 0.214. The molecule has 0 saturated heterocycles. The molecule has 188 valence electrons. The number of amides is 2. The molecule has 0 bridgehead atoms. The van der Waals surface area contributed by atoms with Gasteiger partial charge in [-0.3, -0.25) is 14.0 Å². The van der Waals surface area contributed by atoms with Gasteiger partial charge < -0.3 is 11.1 Å². The van der Waals surface area contributed by atoms with E-state index in [1.54, 1.807) is 0 Å². The van der Waals surface area contributed by atoms with E-state index in [0.717, 1.165) is 38.8 Å². The normalized spacial score (nSPS) is 12.2. The van der Waals surface area contributed by atoms with Crippen molar-refractivity contribution in [3.8, 4) is 11.1 Å². The molecule has 0 saturated carbocycles. The molecule has 3 heterocycles. The molecule has 1 atom stereocenters. The van der Waals surface area contributed by atoms with E-state index in [4.69, 9.17) is 5.73 Å². The molecule has 0 spiro atoms. The van der Waals surface area contributed by atoms with Crippen molar-refractivity contribution in [1.29, 1.82) is 0 Å². The summed E-state index contributed by atoms with van der Waals surface area (Å²) in [5.74, 6) is -0.825. The number of benzene rings is 2. The van der Waals surface area contributed by atoms with Crippen LogP contribution in [0.2, 0.25) is 0 Å². The summed E-state index contributed by atoms with van der Waals surface area (Å²) in [6.45, 7) is 10.0. The molecule has 0 fully saturated rings. The Morgan fingerprint density at radius 3 is 2.43 bits per heavy atom. The van der Waals surface area contributed by atoms with Gasteiger partial charge in [0.25, 0.3) is 5.91 Å². The number of anilines is 1. The zero-order chi connectivity index (χ0) is 26.4. The number of thiophene rings is 1. The highest BCUT2D eigenvalue weighted by Crippen LogP contribution is 2.36. The smallest absolute Gasteiger partial charge is 0.252 e. The van der Waals surface area contributed by atoms with E-state index in [1.807, 2.05) is 54.0 Å². The number of hydrogen-bond donors (Lipinski definition) is 2. The second-order valence-corrected chi connectivity index (χ2v) is 11.5. The molecule has 3 N–H and O–H groups in total. The van der Waals surface area contributed by atoms with Gasteiger partial charge >= 0.3 is 0 Å². The third kappa shape index (κ3) is 4.60. The highest BCUT2D eigenvalue weighted by Gasteiger charge is 2.24. The standard InChI is InChI=1S/C28H27N5O2S2/c1-14-6-8-19(9-7-14)21-13-36-27(23(21)25(29)34)30-26(35)18(5)37-28-32-31-22-12-16(3)20-11-15(2)10-17(4)24(20)33(22)28/h6-13,18H,1-5H3,(H2,29,34)(H,30,35). The summed E-state index contributed by atoms with van der Waals surface area (Å²) in [5.41, 5.74) is 14.0. The maximum Gasteiger partial charge on any atom is 0.252 e. The summed E-state index contributed by atoms with van der Waals surface area (Å²) in [5, 5.41) is 15.3. The van der Waals surface area contributed by atoms with E-state index in [2.05, 4.69) is 48.4 Å². The van der Waals surface area contributed by atoms with Crippen molar-refractivity contribution in [2.75, 3.05) is 5.32 Å². The molecule has 0 radical (unpaired) electrons. The Kier molecular flexibility index (Phi) is 6.51. The van der Waals surface area contributed by atoms with Crippen LogP contribution in [0.3, 0.4) is 0 Å². The number of hydrogen-bond acceptors (Lipinski definition) is 6. The minimum Gasteiger partial charge on any atom is -0.365 e. The first kappa shape index (κ1) is 25.0. The molecular formula is C28H27N5O2S2. The third-order valence-corrected chi connectivity index (χ3v) is 8.32. The first-order valence-corrected chi connectivity index (χ1v) is 13.6. The maximum atomic E-state index is 13.2. The average molecular weight is 530 g/mol. The zero-order valence-electron chi connectivity index (χ0n) is 21.2. The first-order valence-electron chi connectivity index (χ1n) is 11.9. The van der Waals surface area contributed by atoms with Crippen LogP contribution in [0.5, 0.6) is 0 Å². The topological polar surface area (TPSA) is 102 Å². The number of carbonyl (C=O) groups is 2. The Morgan fingerprint density at radius 2 is 1.73 bits per heavy atom. The number of nitrogens with two attached hydrogens (primary N) is 1. The van der Waals surface area contributed by atoms with Crippen molar-refractivity contribution in [2.24, 2.45) is 5.73 Å². The molecule has 5 aromatic rings. The monoisotopic (exact) mass is 529 g/mol. The zero-order valence-corrected chi connectivity index (χ0v) is 22.9. The molecule has 0 aliphatic heterocycles. The van der Waals surface area contributed by atoms with Gasteiger partial charge in [0.15, 0.2) is 10.8 Å². The van der Waals surface area contributed by atoms with Crippen molar-refractivity contribution in [1.82, 2.24) is 14.6 Å². The van der Waals surface area contributed by atoms with E-state index in [1.165, 1.54) is 28.7 Å². The predicted molar refractivity (Wildman–Crippen MR) is 152 cm³/mol. The van der Waals surface area contributed by atoms with Crippen LogP contribution in [0, 0.1) is 27.7 Å². The maximum absolute atomic E-state index is 13.2. The number of nitrogens with one attached hydrogen (secondary N) is 1. The summed E-state index contributed by atoms with van der Waals surface area (Å²) in [4.78, 5) is 25.6. The Balaban J connectivity index is 1.45. The Bertz CT molecular complexity index is 1690. The van der Waals surface area contributed by atoms with Gasteiger partial charge in [-0.05, 0) is 63.4 Å². The van der Waals surface area contributed by atoms with Gasteiger partial charge in [-0.15, -0.1) is 21.5 Å². The van der Waals surface area contributed by atoms with Gasteiger partial charge in [0, 0.05) is 16.3 Å². The molecule has 0 aliphatic rings. The summed E-state index contributed by atoms with van der Waals surface area (Å²) < 4.78 is 2.01. The molecule has 0 aliphatic carbocycles. The number of aromatic nitrogens is 3. The van der Waals surface area contributed by atoms with Crippen molar-refractivity contribution in [3.63, 3.8) is 0 Å². The summed E-state index contributed by atoms with van der Waals surface area (Å²) in [7, 11) is 0. The average Bonchev–Trinajstić information content (AvgIpc) is 3.43. The fourth-order valence-electron chi connectivity index (χ4n) is 4.56. The lowest BCUT2D eigenvalue weighted by molar-refractivity contribution is -0.115. The quantitative estimate of drug-likeness (QED) is 0.260. The van der Waals surface area contributed by atoms with Gasteiger partial charge in [-0.2, -0.15) is 0 Å². The number of thioether (sulfide) groups is 1. The second-order valence-electron chi connectivity index (χ2n) is 9.31. The van der Waals surface area contributed by atoms with E-state index >= 15 is 0 Å². The lowest BCUT2D eigenvalue weighted by Crippen LogP contribution is -2.24. The molecule has 3 aromatic heterocycles. The van der Waals surface area contributed by atoms with Gasteiger partial charge in [0.1, 0.15) is 5.00 Å². The van der Waals surface area contributed by atoms with Crippen LogP contribution in [0.4, 0.5) is 5.00 Å². The van der Waals surface area contributed by atoms with Crippen LogP contribution < -0.4 is 11.1 Å². The van der Waals surface area contributed by atoms with Gasteiger partial charge in [0.05, 0.1) is 16.3 Å². The van der Waals surface area contributed by atoms with Crippen LogP contribution in [-0.2, 0) is 4.79 Å². The number of pyridine rings is 1. The van der Waals surface area contributed by atoms with Crippen LogP contribution in [0.1, 0.15) is 39.5 Å². The minimum absolute atomic E-state index is 0.245. The summed E-state index contributed by atoms with van der Waals surface area (Å²) in [6.07, 6.45) is 0. The molecule has 9 heteroatoms. The number of nitrogens with zero attached hydrogens (tertiary/aromatic N) is 3. The van der Waals surface area contributed by atoms with Crippen molar-refractivity contribution in [2.45, 2.75) is 45.0 Å². The highest BCUT2D eigenvalue weighted by molar-refractivity contribution is 8.00. The van der Waals surface area contributed by atoms with E-state index in [0.29, 0.717) is 21.3 Å². The lowest BCUT2D eigenvalue weighted by Gasteiger charge is -2.14. The number of rotatable bonds is 6. The van der Waals surface area contributed by atoms with E-state index < -0.39 is 11.2 Å².